The van der Waals surface area contributed by atoms with Crippen LogP contribution < -0.4 is 0 Å². The summed E-state index contributed by atoms with van der Waals surface area (Å²) >= 11 is 6.92. The van der Waals surface area contributed by atoms with Crippen molar-refractivity contribution in [2.75, 3.05) is 0 Å². The summed E-state index contributed by atoms with van der Waals surface area (Å²) in [7, 11) is 0. The van der Waals surface area contributed by atoms with Gasteiger partial charge in [-0.3, -0.25) is 4.79 Å². The van der Waals surface area contributed by atoms with Crippen molar-refractivity contribution in [3.8, 4) is 0 Å². The molecule has 1 atom stereocenters. The van der Waals surface area contributed by atoms with Crippen LogP contribution in [0.1, 0.15) is 46.7 Å². The van der Waals surface area contributed by atoms with Gasteiger partial charge in [-0.15, -0.1) is 0 Å². The smallest absolute Gasteiger partial charge is 0.164 e. The molecule has 108 valence electrons. The molecule has 0 fully saturated rings. The number of rotatable bonds is 3. The number of carbonyl (C=O) groups excluding carboxylic acids is 1. The lowest BCUT2D eigenvalue weighted by molar-refractivity contribution is 0.0970. The molecular weight excluding hydrogens is 392 g/mol. The van der Waals surface area contributed by atoms with Crippen LogP contribution in [0.25, 0.3) is 0 Å². The largest absolute Gasteiger partial charge is 0.294 e. The molecule has 0 bridgehead atoms. The van der Waals surface area contributed by atoms with E-state index in [1.807, 2.05) is 18.2 Å². The highest BCUT2D eigenvalue weighted by Crippen LogP contribution is 2.35. The van der Waals surface area contributed by atoms with Crippen LogP contribution in [-0.4, -0.2) is 5.78 Å². The minimum Gasteiger partial charge on any atom is -0.294 e. The number of Topliss-reactive ketones (excluding diaryl/α,β-unsaturated/α-hetero) is 1. The number of hydrogen-bond acceptors (Lipinski definition) is 1. The molecule has 0 aromatic heterocycles. The summed E-state index contributed by atoms with van der Waals surface area (Å²) < 4.78 is 1.85. The Morgan fingerprint density at radius 1 is 1.14 bits per heavy atom. The average Bonchev–Trinajstić information content (AvgIpc) is 2.47. The van der Waals surface area contributed by atoms with Crippen molar-refractivity contribution in [1.29, 1.82) is 0 Å². The number of aryl methyl sites for hydroxylation is 1. The zero-order valence-corrected chi connectivity index (χ0v) is 14.8. The maximum absolute atomic E-state index is 12.6. The average molecular weight is 408 g/mol. The summed E-state index contributed by atoms with van der Waals surface area (Å²) in [5.41, 5.74) is 3.56. The first-order chi connectivity index (χ1) is 10.1. The minimum atomic E-state index is 0.219. The molecule has 3 heteroatoms. The van der Waals surface area contributed by atoms with E-state index in [0.717, 1.165) is 27.4 Å². The van der Waals surface area contributed by atoms with Crippen LogP contribution in [0.4, 0.5) is 0 Å². The first-order valence-corrected chi connectivity index (χ1v) is 8.80. The van der Waals surface area contributed by atoms with Gasteiger partial charge < -0.3 is 0 Å². The molecule has 0 aliphatic heterocycles. The van der Waals surface area contributed by atoms with Gasteiger partial charge in [-0.1, -0.05) is 56.1 Å². The van der Waals surface area contributed by atoms with Crippen LogP contribution in [0.3, 0.4) is 0 Å². The molecule has 1 aliphatic carbocycles. The number of hydrogen-bond donors (Lipinski definition) is 0. The molecule has 1 nitrogen and oxygen atoms in total. The van der Waals surface area contributed by atoms with E-state index in [0.29, 0.717) is 12.3 Å². The second-order valence-electron chi connectivity index (χ2n) is 5.54. The van der Waals surface area contributed by atoms with E-state index >= 15 is 0 Å². The predicted octanol–water partition coefficient (Wildman–Crippen LogP) is 5.90. The summed E-state index contributed by atoms with van der Waals surface area (Å²) in [4.78, 5) is 12.6. The molecule has 0 amide bonds. The summed E-state index contributed by atoms with van der Waals surface area (Å²) in [6.07, 6.45) is 4.02. The highest BCUT2D eigenvalue weighted by Gasteiger charge is 2.23. The number of fused-ring (bicyclic) bond motifs is 1. The van der Waals surface area contributed by atoms with E-state index < -0.39 is 0 Å². The summed E-state index contributed by atoms with van der Waals surface area (Å²) in [6.45, 7) is 0. The third-order valence-electron chi connectivity index (χ3n) is 4.16. The van der Waals surface area contributed by atoms with E-state index in [2.05, 4.69) is 56.1 Å². The lowest BCUT2D eigenvalue weighted by Gasteiger charge is -2.25. The van der Waals surface area contributed by atoms with E-state index in [9.17, 15) is 4.79 Å². The highest BCUT2D eigenvalue weighted by molar-refractivity contribution is 9.11. The Bertz CT molecular complexity index is 679. The molecule has 21 heavy (non-hydrogen) atoms. The van der Waals surface area contributed by atoms with Gasteiger partial charge in [0.1, 0.15) is 0 Å². The van der Waals surface area contributed by atoms with Gasteiger partial charge in [0.2, 0.25) is 0 Å². The van der Waals surface area contributed by atoms with E-state index in [4.69, 9.17) is 0 Å². The Morgan fingerprint density at radius 2 is 1.95 bits per heavy atom. The first kappa shape index (κ1) is 15.0. The number of ketones is 1. The normalized spacial score (nSPS) is 17.3. The summed E-state index contributed by atoms with van der Waals surface area (Å²) in [5, 5.41) is 0. The van der Waals surface area contributed by atoms with Crippen LogP contribution in [-0.2, 0) is 6.42 Å². The van der Waals surface area contributed by atoms with Crippen LogP contribution >= 0.6 is 31.9 Å². The molecule has 2 aromatic rings. The summed E-state index contributed by atoms with van der Waals surface area (Å²) in [6, 6.07) is 14.3. The van der Waals surface area contributed by atoms with Crippen molar-refractivity contribution in [1.82, 2.24) is 0 Å². The standard InChI is InChI=1S/C18H16Br2O/c19-14-8-9-16(17(20)11-14)18(21)10-13-6-3-5-12-4-1-2-7-15(12)13/h1-2,4,7-9,11,13H,3,5-6,10H2. The Morgan fingerprint density at radius 3 is 2.76 bits per heavy atom. The number of carbonyl (C=O) groups is 1. The quantitative estimate of drug-likeness (QED) is 0.578. The van der Waals surface area contributed by atoms with Gasteiger partial charge in [-0.2, -0.15) is 0 Å². The third kappa shape index (κ3) is 3.29. The van der Waals surface area contributed by atoms with Crippen molar-refractivity contribution < 1.29 is 4.79 Å². The van der Waals surface area contributed by atoms with Gasteiger partial charge in [0, 0.05) is 20.9 Å². The Kier molecular flexibility index (Phi) is 4.60. The van der Waals surface area contributed by atoms with Gasteiger partial charge in [0.15, 0.2) is 5.78 Å². The lowest BCUT2D eigenvalue weighted by atomic mass is 9.79. The molecule has 0 radical (unpaired) electrons. The summed E-state index contributed by atoms with van der Waals surface area (Å²) in [5.74, 6) is 0.578. The van der Waals surface area contributed by atoms with E-state index in [-0.39, 0.29) is 5.78 Å². The fraction of sp³-hybridized carbons (Fsp3) is 0.278. The molecule has 0 heterocycles. The fourth-order valence-corrected chi connectivity index (χ4v) is 4.38. The van der Waals surface area contributed by atoms with Crippen molar-refractivity contribution >= 4 is 37.6 Å². The van der Waals surface area contributed by atoms with Gasteiger partial charge in [0.25, 0.3) is 0 Å². The SMILES string of the molecule is O=C(CC1CCCc2ccccc21)c1ccc(Br)cc1Br. The molecule has 0 spiro atoms. The van der Waals surface area contributed by atoms with Crippen molar-refractivity contribution in [3.05, 3.63) is 68.1 Å². The first-order valence-electron chi connectivity index (χ1n) is 7.21. The van der Waals surface area contributed by atoms with Crippen LogP contribution in [0.2, 0.25) is 0 Å². The van der Waals surface area contributed by atoms with E-state index in [1.165, 1.54) is 17.5 Å². The Labute approximate surface area is 142 Å². The molecular formula is C18H16Br2O. The molecule has 1 unspecified atom stereocenters. The molecule has 1 aliphatic rings. The van der Waals surface area contributed by atoms with Crippen LogP contribution in [0.15, 0.2) is 51.4 Å². The zero-order valence-electron chi connectivity index (χ0n) is 11.6. The Balaban J connectivity index is 1.83. The molecule has 0 N–H and O–H groups in total. The van der Waals surface area contributed by atoms with Gasteiger partial charge in [-0.25, -0.2) is 0 Å². The predicted molar refractivity (Wildman–Crippen MR) is 92.9 cm³/mol. The second-order valence-corrected chi connectivity index (χ2v) is 7.31. The van der Waals surface area contributed by atoms with Crippen molar-refractivity contribution in [2.45, 2.75) is 31.6 Å². The maximum atomic E-state index is 12.6. The van der Waals surface area contributed by atoms with Crippen molar-refractivity contribution in [3.63, 3.8) is 0 Å². The second kappa shape index (κ2) is 6.45. The van der Waals surface area contributed by atoms with Crippen molar-refractivity contribution in [2.24, 2.45) is 0 Å². The number of halogens is 2. The lowest BCUT2D eigenvalue weighted by Crippen LogP contribution is -2.14. The topological polar surface area (TPSA) is 17.1 Å². The highest BCUT2D eigenvalue weighted by atomic mass is 79.9. The zero-order chi connectivity index (χ0) is 14.8. The molecule has 2 aromatic carbocycles. The van der Waals surface area contributed by atoms with Gasteiger partial charge in [-0.05, 0) is 54.5 Å². The molecule has 0 saturated heterocycles. The molecule has 0 saturated carbocycles. The molecule has 3 rings (SSSR count). The van der Waals surface area contributed by atoms with Crippen LogP contribution in [0, 0.1) is 0 Å². The third-order valence-corrected chi connectivity index (χ3v) is 5.31. The van der Waals surface area contributed by atoms with Gasteiger partial charge in [0.05, 0.1) is 0 Å². The maximum Gasteiger partial charge on any atom is 0.164 e. The van der Waals surface area contributed by atoms with Crippen LogP contribution in [0.5, 0.6) is 0 Å². The fourth-order valence-electron chi connectivity index (χ4n) is 3.12. The van der Waals surface area contributed by atoms with Gasteiger partial charge >= 0.3 is 0 Å². The number of benzene rings is 2. The monoisotopic (exact) mass is 406 g/mol. The van der Waals surface area contributed by atoms with E-state index in [1.54, 1.807) is 0 Å². The Hall–Kier alpha value is -0.930. The minimum absolute atomic E-state index is 0.219.